The molecule has 0 heterocycles. The van der Waals surface area contributed by atoms with Crippen LogP contribution < -0.4 is 0 Å². The number of ether oxygens (including phenoxy) is 1. The third-order valence-corrected chi connectivity index (χ3v) is 3.21. The molecular weight excluding hydrogens is 312 g/mol. The molecule has 0 radical (unpaired) electrons. The minimum absolute atomic E-state index is 0. The summed E-state index contributed by atoms with van der Waals surface area (Å²) in [6.07, 6.45) is 2.84. The van der Waals surface area contributed by atoms with Gasteiger partial charge in [-0.3, -0.25) is 4.18 Å². The van der Waals surface area contributed by atoms with Crippen LogP contribution in [0.5, 0.6) is 0 Å². The van der Waals surface area contributed by atoms with Gasteiger partial charge in [0, 0.05) is 0 Å². The molecule has 5 nitrogen and oxygen atoms in total. The first-order valence-corrected chi connectivity index (χ1v) is 8.30. The quantitative estimate of drug-likeness (QED) is 0.415. The summed E-state index contributed by atoms with van der Waals surface area (Å²) in [4.78, 5) is 11.7. The van der Waals surface area contributed by atoms with Crippen LogP contribution in [0.2, 0.25) is 0 Å². The van der Waals surface area contributed by atoms with Gasteiger partial charge in [-0.25, -0.2) is 4.79 Å². The van der Waals surface area contributed by atoms with Crippen LogP contribution in [-0.2, 0) is 19.0 Å². The molecule has 0 aliphatic carbocycles. The molecule has 1 aromatic carbocycles. The van der Waals surface area contributed by atoms with Crippen molar-refractivity contribution >= 4 is 29.6 Å². The van der Waals surface area contributed by atoms with Gasteiger partial charge in [-0.15, -0.1) is 0 Å². The summed E-state index contributed by atoms with van der Waals surface area (Å²) in [6.45, 7) is 1.98. The van der Waals surface area contributed by atoms with Crippen LogP contribution in [0, 0.1) is 0 Å². The summed E-state index contributed by atoms with van der Waals surface area (Å²) in [5, 5.41) is 0. The third-order valence-electron chi connectivity index (χ3n) is 2.62. The van der Waals surface area contributed by atoms with Crippen LogP contribution in [0.3, 0.4) is 0 Å². The van der Waals surface area contributed by atoms with Crippen LogP contribution in [-0.4, -0.2) is 33.4 Å². The van der Waals surface area contributed by atoms with Crippen molar-refractivity contribution in [3.8, 4) is 0 Å². The predicted molar refractivity (Wildman–Crippen MR) is 86.3 cm³/mol. The maximum atomic E-state index is 11.7. The Kier molecular flexibility index (Phi) is 9.32. The van der Waals surface area contributed by atoms with E-state index in [2.05, 4.69) is 4.18 Å². The van der Waals surface area contributed by atoms with E-state index in [4.69, 9.17) is 4.74 Å². The monoisotopic (exact) mass is 334 g/mol. The van der Waals surface area contributed by atoms with Gasteiger partial charge in [-0.1, -0.05) is 18.2 Å². The average molecular weight is 334 g/mol. The Hall–Kier alpha value is -1.05. The maximum Gasteiger partial charge on any atom is 0.338 e. The summed E-state index contributed by atoms with van der Waals surface area (Å²) in [5.41, 5.74) is 0.528. The SMILES string of the molecule is C[C@@H](CCCCOS(C)(=O)=O)OC(=O)c1ccccc1.S. The molecule has 1 aromatic rings. The Morgan fingerprint density at radius 1 is 1.19 bits per heavy atom. The van der Waals surface area contributed by atoms with E-state index in [9.17, 15) is 13.2 Å². The van der Waals surface area contributed by atoms with Crippen molar-refractivity contribution in [2.75, 3.05) is 12.9 Å². The molecule has 0 unspecified atom stereocenters. The second-order valence-corrected chi connectivity index (χ2v) is 6.25. The molecule has 0 saturated heterocycles. The summed E-state index contributed by atoms with van der Waals surface area (Å²) < 4.78 is 31.4. The Morgan fingerprint density at radius 3 is 2.38 bits per heavy atom. The fraction of sp³-hybridized carbons (Fsp3) is 0.500. The highest BCUT2D eigenvalue weighted by Gasteiger charge is 2.11. The molecule has 0 spiro atoms. The second kappa shape index (κ2) is 9.81. The van der Waals surface area contributed by atoms with Gasteiger partial charge in [-0.05, 0) is 38.3 Å². The number of benzene rings is 1. The number of esters is 1. The lowest BCUT2D eigenvalue weighted by Crippen LogP contribution is -2.15. The lowest BCUT2D eigenvalue weighted by Gasteiger charge is -2.13. The van der Waals surface area contributed by atoms with Gasteiger partial charge in [-0.2, -0.15) is 21.9 Å². The number of carbonyl (C=O) groups excluding carboxylic acids is 1. The largest absolute Gasteiger partial charge is 0.459 e. The molecule has 7 heteroatoms. The first-order valence-electron chi connectivity index (χ1n) is 6.49. The lowest BCUT2D eigenvalue weighted by atomic mass is 10.2. The van der Waals surface area contributed by atoms with Crippen molar-refractivity contribution < 1.29 is 22.1 Å². The number of unbranched alkanes of at least 4 members (excludes halogenated alkanes) is 1. The van der Waals surface area contributed by atoms with E-state index in [0.29, 0.717) is 18.4 Å². The number of carbonyl (C=O) groups is 1. The summed E-state index contributed by atoms with van der Waals surface area (Å²) >= 11 is 0. The molecule has 0 aliphatic rings. The highest BCUT2D eigenvalue weighted by atomic mass is 32.2. The molecule has 21 heavy (non-hydrogen) atoms. The van der Waals surface area contributed by atoms with E-state index in [0.717, 1.165) is 12.7 Å². The van der Waals surface area contributed by atoms with Crippen LogP contribution in [0.15, 0.2) is 30.3 Å². The van der Waals surface area contributed by atoms with Crippen molar-refractivity contribution in [3.05, 3.63) is 35.9 Å². The Balaban J connectivity index is 0.00000400. The molecule has 0 saturated carbocycles. The van der Waals surface area contributed by atoms with Crippen LogP contribution in [0.25, 0.3) is 0 Å². The minimum atomic E-state index is -3.37. The van der Waals surface area contributed by atoms with Gasteiger partial charge in [0.1, 0.15) is 0 Å². The average Bonchev–Trinajstić information content (AvgIpc) is 2.38. The smallest absolute Gasteiger partial charge is 0.338 e. The molecule has 0 bridgehead atoms. The highest BCUT2D eigenvalue weighted by Crippen LogP contribution is 2.09. The summed E-state index contributed by atoms with van der Waals surface area (Å²) in [6, 6.07) is 8.81. The molecule has 120 valence electrons. The number of hydrogen-bond donors (Lipinski definition) is 0. The van der Waals surface area contributed by atoms with Gasteiger partial charge in [0.15, 0.2) is 0 Å². The molecule has 0 N–H and O–H groups in total. The van der Waals surface area contributed by atoms with E-state index < -0.39 is 10.1 Å². The Bertz CT molecular complexity index is 513. The maximum absolute atomic E-state index is 11.7. The predicted octanol–water partition coefficient (Wildman–Crippen LogP) is 2.49. The Labute approximate surface area is 133 Å². The molecule has 1 rings (SSSR count). The first kappa shape index (κ1) is 19.9. The van der Waals surface area contributed by atoms with Crippen LogP contribution in [0.4, 0.5) is 0 Å². The highest BCUT2D eigenvalue weighted by molar-refractivity contribution is 7.85. The van der Waals surface area contributed by atoms with Crippen molar-refractivity contribution in [3.63, 3.8) is 0 Å². The van der Waals surface area contributed by atoms with E-state index >= 15 is 0 Å². The fourth-order valence-corrected chi connectivity index (χ4v) is 2.05. The van der Waals surface area contributed by atoms with E-state index in [1.54, 1.807) is 24.3 Å². The van der Waals surface area contributed by atoms with Crippen molar-refractivity contribution in [1.29, 1.82) is 0 Å². The van der Waals surface area contributed by atoms with E-state index in [1.807, 2.05) is 13.0 Å². The zero-order chi connectivity index (χ0) is 15.0. The molecule has 0 amide bonds. The Morgan fingerprint density at radius 2 is 1.81 bits per heavy atom. The normalized spacial score (nSPS) is 12.3. The molecule has 0 fully saturated rings. The second-order valence-electron chi connectivity index (χ2n) is 4.60. The molecule has 0 aliphatic heterocycles. The van der Waals surface area contributed by atoms with Gasteiger partial charge in [0.25, 0.3) is 10.1 Å². The minimum Gasteiger partial charge on any atom is -0.459 e. The van der Waals surface area contributed by atoms with Crippen molar-refractivity contribution in [2.45, 2.75) is 32.3 Å². The third kappa shape index (κ3) is 9.49. The molecule has 1 atom stereocenters. The van der Waals surface area contributed by atoms with Crippen LogP contribution in [0.1, 0.15) is 36.5 Å². The van der Waals surface area contributed by atoms with Crippen molar-refractivity contribution in [1.82, 2.24) is 0 Å². The summed E-state index contributed by atoms with van der Waals surface area (Å²) in [5.74, 6) is -0.342. The standard InChI is InChI=1S/C14H20O5S.H2S/c1-12(8-6-7-11-18-20(2,16)17)19-14(15)13-9-4-3-5-10-13;/h3-5,9-10,12H,6-8,11H2,1-2H3;1H2/t12-;/m0./s1. The van der Waals surface area contributed by atoms with E-state index in [-0.39, 0.29) is 32.2 Å². The molecular formula is C14H22O5S2. The fourth-order valence-electron chi connectivity index (χ4n) is 1.63. The number of rotatable bonds is 8. The van der Waals surface area contributed by atoms with Gasteiger partial charge >= 0.3 is 5.97 Å². The van der Waals surface area contributed by atoms with Gasteiger partial charge in [0.2, 0.25) is 0 Å². The van der Waals surface area contributed by atoms with Gasteiger partial charge in [0.05, 0.1) is 24.5 Å². The van der Waals surface area contributed by atoms with Crippen molar-refractivity contribution in [2.24, 2.45) is 0 Å². The lowest BCUT2D eigenvalue weighted by molar-refractivity contribution is 0.0318. The zero-order valence-electron chi connectivity index (χ0n) is 12.2. The number of hydrogen-bond acceptors (Lipinski definition) is 5. The molecule has 0 aromatic heterocycles. The first-order chi connectivity index (χ1) is 9.38. The summed E-state index contributed by atoms with van der Waals surface area (Å²) in [7, 11) is -3.37. The topological polar surface area (TPSA) is 69.7 Å². The van der Waals surface area contributed by atoms with Gasteiger partial charge < -0.3 is 4.74 Å². The zero-order valence-corrected chi connectivity index (χ0v) is 14.1. The van der Waals surface area contributed by atoms with Crippen LogP contribution >= 0.6 is 13.5 Å². The van der Waals surface area contributed by atoms with E-state index in [1.165, 1.54) is 0 Å².